The molecule has 0 fully saturated rings. The highest BCUT2D eigenvalue weighted by atomic mass is 19.1. The fourth-order valence-electron chi connectivity index (χ4n) is 2.45. The van der Waals surface area contributed by atoms with Gasteiger partial charge in [-0.05, 0) is 36.8 Å². The molecule has 1 amide bonds. The standard InChI is InChI=1S/C20H17FN2O/c1-14(15-6-3-2-4-7-15)23-20(24)17-10-11-19(22-13-17)16-8-5-9-18(21)12-16/h2-14H,1H3,(H,23,24). The van der Waals surface area contributed by atoms with Crippen LogP contribution in [-0.2, 0) is 0 Å². The van der Waals surface area contributed by atoms with E-state index in [2.05, 4.69) is 10.3 Å². The number of carbonyl (C=O) groups is 1. The summed E-state index contributed by atoms with van der Waals surface area (Å²) in [6, 6.07) is 19.3. The average Bonchev–Trinajstić information content (AvgIpc) is 2.62. The van der Waals surface area contributed by atoms with Crippen molar-refractivity contribution in [1.29, 1.82) is 0 Å². The van der Waals surface area contributed by atoms with Gasteiger partial charge in [0.2, 0.25) is 0 Å². The minimum absolute atomic E-state index is 0.0957. The maximum absolute atomic E-state index is 13.3. The molecule has 24 heavy (non-hydrogen) atoms. The number of amides is 1. The minimum Gasteiger partial charge on any atom is -0.345 e. The lowest BCUT2D eigenvalue weighted by atomic mass is 10.1. The maximum Gasteiger partial charge on any atom is 0.253 e. The van der Waals surface area contributed by atoms with Crippen molar-refractivity contribution in [2.75, 3.05) is 0 Å². The molecule has 0 bridgehead atoms. The van der Waals surface area contributed by atoms with E-state index in [1.807, 2.05) is 37.3 Å². The summed E-state index contributed by atoms with van der Waals surface area (Å²) in [5.41, 5.74) is 2.81. The summed E-state index contributed by atoms with van der Waals surface area (Å²) >= 11 is 0. The molecule has 0 spiro atoms. The maximum atomic E-state index is 13.3. The summed E-state index contributed by atoms with van der Waals surface area (Å²) < 4.78 is 13.3. The van der Waals surface area contributed by atoms with Crippen molar-refractivity contribution < 1.29 is 9.18 Å². The second kappa shape index (κ2) is 7.04. The van der Waals surface area contributed by atoms with E-state index in [1.165, 1.54) is 18.3 Å². The van der Waals surface area contributed by atoms with Crippen molar-refractivity contribution in [3.8, 4) is 11.3 Å². The predicted octanol–water partition coefficient (Wildman–Crippen LogP) is 4.38. The second-order valence-corrected chi connectivity index (χ2v) is 5.55. The molecule has 0 aliphatic rings. The molecule has 0 saturated heterocycles. The Balaban J connectivity index is 1.72. The molecule has 1 atom stereocenters. The number of nitrogens with one attached hydrogen (secondary N) is 1. The van der Waals surface area contributed by atoms with Gasteiger partial charge in [-0.2, -0.15) is 0 Å². The highest BCUT2D eigenvalue weighted by Crippen LogP contribution is 2.18. The first-order chi connectivity index (χ1) is 11.6. The van der Waals surface area contributed by atoms with Gasteiger partial charge in [0, 0.05) is 11.8 Å². The van der Waals surface area contributed by atoms with Crippen LogP contribution in [0.3, 0.4) is 0 Å². The van der Waals surface area contributed by atoms with E-state index in [4.69, 9.17) is 0 Å². The molecule has 3 aromatic rings. The van der Waals surface area contributed by atoms with Crippen molar-refractivity contribution in [2.45, 2.75) is 13.0 Å². The highest BCUT2D eigenvalue weighted by Gasteiger charge is 2.12. The van der Waals surface area contributed by atoms with E-state index in [0.717, 1.165) is 5.56 Å². The molecule has 1 heterocycles. The van der Waals surface area contributed by atoms with Crippen LogP contribution >= 0.6 is 0 Å². The Kier molecular flexibility index (Phi) is 4.66. The quantitative estimate of drug-likeness (QED) is 0.775. The molecule has 4 heteroatoms. The number of benzene rings is 2. The largest absolute Gasteiger partial charge is 0.345 e. The number of aromatic nitrogens is 1. The van der Waals surface area contributed by atoms with Crippen LogP contribution in [0.5, 0.6) is 0 Å². The molecule has 0 aliphatic carbocycles. The van der Waals surface area contributed by atoms with Gasteiger partial charge in [0.1, 0.15) is 5.82 Å². The van der Waals surface area contributed by atoms with Gasteiger partial charge in [-0.1, -0.05) is 42.5 Å². The van der Waals surface area contributed by atoms with Gasteiger partial charge >= 0.3 is 0 Å². The van der Waals surface area contributed by atoms with Gasteiger partial charge in [0.25, 0.3) is 5.91 Å². The van der Waals surface area contributed by atoms with Gasteiger partial charge in [-0.15, -0.1) is 0 Å². The number of nitrogens with zero attached hydrogens (tertiary/aromatic N) is 1. The summed E-state index contributed by atoms with van der Waals surface area (Å²) in [4.78, 5) is 16.6. The molecule has 2 aromatic carbocycles. The summed E-state index contributed by atoms with van der Waals surface area (Å²) in [7, 11) is 0. The molecule has 1 N–H and O–H groups in total. The predicted molar refractivity (Wildman–Crippen MR) is 92.0 cm³/mol. The van der Waals surface area contributed by atoms with E-state index in [-0.39, 0.29) is 17.8 Å². The SMILES string of the molecule is CC(NC(=O)c1ccc(-c2cccc(F)c2)nc1)c1ccccc1. The molecule has 0 radical (unpaired) electrons. The zero-order valence-corrected chi connectivity index (χ0v) is 13.2. The van der Waals surface area contributed by atoms with Crippen molar-refractivity contribution in [1.82, 2.24) is 10.3 Å². The lowest BCUT2D eigenvalue weighted by molar-refractivity contribution is 0.0939. The van der Waals surface area contributed by atoms with Gasteiger partial charge in [-0.3, -0.25) is 9.78 Å². The Morgan fingerprint density at radius 2 is 1.83 bits per heavy atom. The normalized spacial score (nSPS) is 11.8. The van der Waals surface area contributed by atoms with Crippen molar-refractivity contribution in [3.05, 3.63) is 89.9 Å². The Morgan fingerprint density at radius 3 is 2.50 bits per heavy atom. The van der Waals surface area contributed by atoms with E-state index in [1.54, 1.807) is 24.3 Å². The van der Waals surface area contributed by atoms with Crippen LogP contribution in [0.1, 0.15) is 28.9 Å². The van der Waals surface area contributed by atoms with Crippen LogP contribution in [0.15, 0.2) is 72.9 Å². The zero-order valence-electron chi connectivity index (χ0n) is 13.2. The first kappa shape index (κ1) is 15.9. The van der Waals surface area contributed by atoms with Crippen molar-refractivity contribution in [3.63, 3.8) is 0 Å². The van der Waals surface area contributed by atoms with Crippen LogP contribution in [0, 0.1) is 5.82 Å². The molecule has 3 rings (SSSR count). The molecule has 1 aromatic heterocycles. The van der Waals surface area contributed by atoms with Crippen molar-refractivity contribution >= 4 is 5.91 Å². The lowest BCUT2D eigenvalue weighted by Crippen LogP contribution is -2.26. The van der Waals surface area contributed by atoms with E-state index < -0.39 is 0 Å². The summed E-state index contributed by atoms with van der Waals surface area (Å²) in [5, 5.41) is 2.94. The second-order valence-electron chi connectivity index (χ2n) is 5.55. The molecule has 120 valence electrons. The first-order valence-corrected chi connectivity index (χ1v) is 7.71. The fraction of sp³-hybridized carbons (Fsp3) is 0.100. The molecule has 1 unspecified atom stereocenters. The third-order valence-electron chi connectivity index (χ3n) is 3.79. The Hall–Kier alpha value is -3.01. The number of pyridine rings is 1. The number of carbonyl (C=O) groups excluding carboxylic acids is 1. The molecule has 3 nitrogen and oxygen atoms in total. The van der Waals surface area contributed by atoms with Crippen LogP contribution in [0.4, 0.5) is 4.39 Å². The number of hydrogen-bond donors (Lipinski definition) is 1. The number of rotatable bonds is 4. The monoisotopic (exact) mass is 320 g/mol. The number of hydrogen-bond acceptors (Lipinski definition) is 2. The highest BCUT2D eigenvalue weighted by molar-refractivity contribution is 5.94. The van der Waals surface area contributed by atoms with Crippen LogP contribution in [0.25, 0.3) is 11.3 Å². The van der Waals surface area contributed by atoms with E-state index in [0.29, 0.717) is 16.8 Å². The van der Waals surface area contributed by atoms with Crippen LogP contribution in [0.2, 0.25) is 0 Å². The number of halogens is 1. The van der Waals surface area contributed by atoms with Crippen molar-refractivity contribution in [2.24, 2.45) is 0 Å². The molecular formula is C20H17FN2O. The first-order valence-electron chi connectivity index (χ1n) is 7.71. The Bertz CT molecular complexity index is 832. The van der Waals surface area contributed by atoms with Gasteiger partial charge in [-0.25, -0.2) is 4.39 Å². The smallest absolute Gasteiger partial charge is 0.253 e. The van der Waals surface area contributed by atoms with Crippen LogP contribution < -0.4 is 5.32 Å². The average molecular weight is 320 g/mol. The summed E-state index contributed by atoms with van der Waals surface area (Å²) in [6.07, 6.45) is 1.51. The fourth-order valence-corrected chi connectivity index (χ4v) is 2.45. The Morgan fingerprint density at radius 1 is 1.04 bits per heavy atom. The van der Waals surface area contributed by atoms with E-state index in [9.17, 15) is 9.18 Å². The third kappa shape index (κ3) is 3.66. The van der Waals surface area contributed by atoms with E-state index >= 15 is 0 Å². The molecule has 0 saturated carbocycles. The summed E-state index contributed by atoms with van der Waals surface area (Å²) in [6.45, 7) is 1.93. The molecule has 0 aliphatic heterocycles. The Labute approximate surface area is 140 Å². The lowest BCUT2D eigenvalue weighted by Gasteiger charge is -2.14. The third-order valence-corrected chi connectivity index (χ3v) is 3.79. The van der Waals surface area contributed by atoms with Gasteiger partial charge < -0.3 is 5.32 Å². The minimum atomic E-state index is -0.312. The topological polar surface area (TPSA) is 42.0 Å². The van der Waals surface area contributed by atoms with Crippen LogP contribution in [-0.4, -0.2) is 10.9 Å². The van der Waals surface area contributed by atoms with Gasteiger partial charge in [0.15, 0.2) is 0 Å². The van der Waals surface area contributed by atoms with Gasteiger partial charge in [0.05, 0.1) is 17.3 Å². The zero-order chi connectivity index (χ0) is 16.9. The molecular weight excluding hydrogens is 303 g/mol. The summed E-state index contributed by atoms with van der Waals surface area (Å²) in [5.74, 6) is -0.502.